The van der Waals surface area contributed by atoms with Gasteiger partial charge in [0, 0.05) is 45.8 Å². The van der Waals surface area contributed by atoms with Crippen LogP contribution in [-0.2, 0) is 9.53 Å². The maximum absolute atomic E-state index is 13.8. The van der Waals surface area contributed by atoms with Gasteiger partial charge < -0.3 is 20.3 Å². The summed E-state index contributed by atoms with van der Waals surface area (Å²) in [5.41, 5.74) is 5.92. The van der Waals surface area contributed by atoms with Crippen molar-refractivity contribution in [2.24, 2.45) is 5.73 Å². The SMILES string of the molecule is Cl.N#Cc1ccc(OCCN2CC3CN(CCN)CC(C2)O3)c(F)c1.O=C(O)C(F)(F)F. The monoisotopic (exact) mass is 484 g/mol. The van der Waals surface area contributed by atoms with Gasteiger partial charge in [0.2, 0.25) is 0 Å². The number of alkyl halides is 3. The zero-order valence-electron chi connectivity index (χ0n) is 17.1. The summed E-state index contributed by atoms with van der Waals surface area (Å²) in [6, 6.07) is 6.17. The Morgan fingerprint density at radius 2 is 1.75 bits per heavy atom. The predicted octanol–water partition coefficient (Wildman–Crippen LogP) is 1.47. The smallest absolute Gasteiger partial charge is 0.489 e. The van der Waals surface area contributed by atoms with Crippen LogP contribution in [0, 0.1) is 17.1 Å². The van der Waals surface area contributed by atoms with E-state index in [4.69, 9.17) is 30.4 Å². The first-order valence-electron chi connectivity index (χ1n) is 9.55. The summed E-state index contributed by atoms with van der Waals surface area (Å²) in [6.07, 6.45) is -4.67. The van der Waals surface area contributed by atoms with Gasteiger partial charge in [0.15, 0.2) is 11.6 Å². The lowest BCUT2D eigenvalue weighted by atomic mass is 10.1. The van der Waals surface area contributed by atoms with Crippen LogP contribution in [0.1, 0.15) is 5.56 Å². The number of carboxylic acid groups (broad SMARTS) is 1. The van der Waals surface area contributed by atoms with E-state index in [2.05, 4.69) is 9.80 Å². The van der Waals surface area contributed by atoms with Crippen LogP contribution in [0.2, 0.25) is 0 Å². The van der Waals surface area contributed by atoms with Crippen LogP contribution in [0.3, 0.4) is 0 Å². The van der Waals surface area contributed by atoms with Crippen molar-refractivity contribution in [1.82, 2.24) is 9.80 Å². The summed E-state index contributed by atoms with van der Waals surface area (Å²) < 4.78 is 57.0. The lowest BCUT2D eigenvalue weighted by Crippen LogP contribution is -2.60. The van der Waals surface area contributed by atoms with Gasteiger partial charge >= 0.3 is 12.1 Å². The van der Waals surface area contributed by atoms with Gasteiger partial charge in [-0.2, -0.15) is 18.4 Å². The van der Waals surface area contributed by atoms with E-state index < -0.39 is 18.0 Å². The summed E-state index contributed by atoms with van der Waals surface area (Å²) in [5, 5.41) is 15.9. The number of halogens is 5. The van der Waals surface area contributed by atoms with Gasteiger partial charge in [0.25, 0.3) is 0 Å². The first-order chi connectivity index (χ1) is 14.6. The Labute approximate surface area is 188 Å². The van der Waals surface area contributed by atoms with Gasteiger partial charge in [-0.3, -0.25) is 9.80 Å². The second-order valence-electron chi connectivity index (χ2n) is 7.10. The van der Waals surface area contributed by atoms with Crippen molar-refractivity contribution in [3.63, 3.8) is 0 Å². The molecule has 1 aromatic carbocycles. The minimum absolute atomic E-state index is 0. The van der Waals surface area contributed by atoms with E-state index in [-0.39, 0.29) is 30.4 Å². The number of aliphatic carboxylic acids is 1. The number of hydrogen-bond donors (Lipinski definition) is 2. The molecule has 13 heteroatoms. The molecule has 32 heavy (non-hydrogen) atoms. The van der Waals surface area contributed by atoms with Crippen LogP contribution in [0.15, 0.2) is 18.2 Å². The molecule has 1 aromatic rings. The molecule has 0 saturated carbocycles. The van der Waals surface area contributed by atoms with Crippen molar-refractivity contribution in [1.29, 1.82) is 5.26 Å². The first kappa shape index (κ1) is 27.9. The average Bonchev–Trinajstić information content (AvgIpc) is 2.68. The molecule has 180 valence electrons. The topological polar surface area (TPSA) is 112 Å². The van der Waals surface area contributed by atoms with Crippen molar-refractivity contribution in [2.45, 2.75) is 18.4 Å². The van der Waals surface area contributed by atoms with Crippen LogP contribution in [0.5, 0.6) is 5.75 Å². The maximum atomic E-state index is 13.8. The third kappa shape index (κ3) is 8.76. The largest absolute Gasteiger partial charge is 0.490 e. The maximum Gasteiger partial charge on any atom is 0.490 e. The number of hydrogen-bond acceptors (Lipinski definition) is 7. The number of carbonyl (C=O) groups is 1. The summed E-state index contributed by atoms with van der Waals surface area (Å²) >= 11 is 0. The summed E-state index contributed by atoms with van der Waals surface area (Å²) in [4.78, 5) is 13.6. The fourth-order valence-electron chi connectivity index (χ4n) is 3.38. The highest BCUT2D eigenvalue weighted by atomic mass is 35.5. The minimum atomic E-state index is -5.08. The molecule has 0 spiro atoms. The molecular formula is C19H25ClF4N4O4. The Morgan fingerprint density at radius 1 is 1.22 bits per heavy atom. The molecule has 2 saturated heterocycles. The molecule has 2 bridgehead atoms. The zero-order chi connectivity index (χ0) is 23.0. The lowest BCUT2D eigenvalue weighted by molar-refractivity contribution is -0.192. The summed E-state index contributed by atoms with van der Waals surface area (Å²) in [5.74, 6) is -3.06. The zero-order valence-corrected chi connectivity index (χ0v) is 17.9. The number of morpholine rings is 2. The minimum Gasteiger partial charge on any atom is -0.489 e. The number of benzene rings is 1. The summed E-state index contributed by atoms with van der Waals surface area (Å²) in [7, 11) is 0. The second-order valence-corrected chi connectivity index (χ2v) is 7.10. The average molecular weight is 485 g/mol. The van der Waals surface area contributed by atoms with Crippen molar-refractivity contribution in [2.75, 3.05) is 52.4 Å². The predicted molar refractivity (Wildman–Crippen MR) is 108 cm³/mol. The van der Waals surface area contributed by atoms with Gasteiger partial charge in [-0.15, -0.1) is 12.4 Å². The van der Waals surface area contributed by atoms with E-state index >= 15 is 0 Å². The number of carboxylic acids is 1. The molecule has 8 nitrogen and oxygen atoms in total. The van der Waals surface area contributed by atoms with Crippen LogP contribution in [-0.4, -0.2) is 91.7 Å². The van der Waals surface area contributed by atoms with Crippen molar-refractivity contribution in [3.05, 3.63) is 29.6 Å². The molecule has 2 atom stereocenters. The lowest BCUT2D eigenvalue weighted by Gasteiger charge is -2.45. The van der Waals surface area contributed by atoms with E-state index in [0.717, 1.165) is 39.3 Å². The highest BCUT2D eigenvalue weighted by Gasteiger charge is 2.38. The molecule has 2 aliphatic heterocycles. The number of ether oxygens (including phenoxy) is 2. The van der Waals surface area contributed by atoms with Crippen LogP contribution in [0.4, 0.5) is 17.6 Å². The standard InChI is InChI=1S/C17H23FN4O2.C2HF3O2.ClH/c18-16-7-13(8-20)1-2-17(16)23-6-5-22-11-14-9-21(4-3-19)10-15(12-22)24-14;3-2(4,5)1(6)7;/h1-2,7,14-15H,3-6,9-12,19H2;(H,6,7);1H. The molecule has 2 aliphatic rings. The third-order valence-electron chi connectivity index (χ3n) is 4.65. The molecule has 2 heterocycles. The molecule has 0 aliphatic carbocycles. The van der Waals surface area contributed by atoms with E-state index in [0.29, 0.717) is 18.7 Å². The molecule has 2 unspecified atom stereocenters. The number of fused-ring (bicyclic) bond motifs is 2. The number of rotatable bonds is 6. The third-order valence-corrected chi connectivity index (χ3v) is 4.65. The molecule has 0 amide bonds. The van der Waals surface area contributed by atoms with E-state index in [1.54, 1.807) is 6.07 Å². The quantitative estimate of drug-likeness (QED) is 0.584. The number of nitriles is 1. The van der Waals surface area contributed by atoms with Crippen molar-refractivity contribution >= 4 is 18.4 Å². The van der Waals surface area contributed by atoms with Crippen molar-refractivity contribution in [3.8, 4) is 11.8 Å². The van der Waals surface area contributed by atoms with E-state index in [1.165, 1.54) is 12.1 Å². The fourth-order valence-corrected chi connectivity index (χ4v) is 3.38. The number of nitrogens with zero attached hydrogens (tertiary/aromatic N) is 3. The number of nitrogens with two attached hydrogens (primary N) is 1. The molecular weight excluding hydrogens is 460 g/mol. The normalized spacial score (nSPS) is 20.9. The van der Waals surface area contributed by atoms with Gasteiger partial charge in [-0.1, -0.05) is 0 Å². The van der Waals surface area contributed by atoms with Gasteiger partial charge in [0.1, 0.15) is 6.61 Å². The molecule has 0 radical (unpaired) electrons. The fraction of sp³-hybridized carbons (Fsp3) is 0.579. The first-order valence-corrected chi connectivity index (χ1v) is 9.55. The Bertz CT molecular complexity index is 780. The van der Waals surface area contributed by atoms with Crippen LogP contribution < -0.4 is 10.5 Å². The van der Waals surface area contributed by atoms with E-state index in [1.807, 2.05) is 6.07 Å². The van der Waals surface area contributed by atoms with Crippen LogP contribution >= 0.6 is 12.4 Å². The Kier molecular flexibility index (Phi) is 11.1. The molecule has 3 N–H and O–H groups in total. The highest BCUT2D eigenvalue weighted by Crippen LogP contribution is 2.20. The van der Waals surface area contributed by atoms with Crippen LogP contribution in [0.25, 0.3) is 0 Å². The van der Waals surface area contributed by atoms with Gasteiger partial charge in [-0.05, 0) is 18.2 Å². The highest BCUT2D eigenvalue weighted by molar-refractivity contribution is 5.85. The van der Waals surface area contributed by atoms with E-state index in [9.17, 15) is 17.6 Å². The van der Waals surface area contributed by atoms with Gasteiger partial charge in [0.05, 0.1) is 23.8 Å². The Morgan fingerprint density at radius 3 is 2.19 bits per heavy atom. The Balaban J connectivity index is 0.000000558. The second kappa shape index (κ2) is 12.8. The van der Waals surface area contributed by atoms with Gasteiger partial charge in [-0.25, -0.2) is 9.18 Å². The molecule has 3 rings (SSSR count). The van der Waals surface area contributed by atoms with Crippen molar-refractivity contribution < 1.29 is 36.9 Å². The molecule has 0 aromatic heterocycles. The Hall–Kier alpha value is -2.17. The molecule has 2 fully saturated rings. The summed E-state index contributed by atoms with van der Waals surface area (Å²) in [6.45, 7) is 6.27.